The number of benzene rings is 1. The number of carbonyl (C=O) groups is 2. The third-order valence-corrected chi connectivity index (χ3v) is 6.63. The molecule has 1 aromatic carbocycles. The van der Waals surface area contributed by atoms with Crippen LogP contribution in [0, 0.1) is 5.92 Å². The Hall–Kier alpha value is -2.32. The number of rotatable bonds is 6. The maximum Gasteiger partial charge on any atom is 0.275 e. The Morgan fingerprint density at radius 1 is 1.03 bits per heavy atom. The Labute approximate surface area is 181 Å². The molecular weight excluding hydrogens is 398 g/mol. The quantitative estimate of drug-likeness (QED) is 0.709. The zero-order valence-electron chi connectivity index (χ0n) is 17.3. The minimum absolute atomic E-state index is 0.0330. The second-order valence-electron chi connectivity index (χ2n) is 8.23. The highest BCUT2D eigenvalue weighted by Gasteiger charge is 2.27. The molecule has 1 unspecified atom stereocenters. The van der Waals surface area contributed by atoms with Gasteiger partial charge < -0.3 is 9.80 Å². The van der Waals surface area contributed by atoms with Crippen molar-refractivity contribution in [3.8, 4) is 0 Å². The zero-order chi connectivity index (χ0) is 20.8. The second kappa shape index (κ2) is 10.1. The summed E-state index contributed by atoms with van der Waals surface area (Å²) in [5.41, 5.74) is 1.76. The molecule has 0 N–H and O–H groups in total. The SMILES string of the molecule is O=C(CCC1CCCN(C(=O)c2csnn2)C1)N1CCN(Cc2ccccc2)CC1. The third-order valence-electron chi connectivity index (χ3n) is 6.13. The van der Waals surface area contributed by atoms with Crippen LogP contribution in [0.2, 0.25) is 0 Å². The van der Waals surface area contributed by atoms with Crippen LogP contribution >= 0.6 is 11.5 Å². The minimum atomic E-state index is -0.0330. The van der Waals surface area contributed by atoms with Gasteiger partial charge in [0.15, 0.2) is 5.69 Å². The molecule has 30 heavy (non-hydrogen) atoms. The Kier molecular flexibility index (Phi) is 7.07. The summed E-state index contributed by atoms with van der Waals surface area (Å²) in [6.45, 7) is 5.89. The van der Waals surface area contributed by atoms with E-state index in [0.717, 1.165) is 58.5 Å². The molecule has 7 nitrogen and oxygen atoms in total. The smallest absolute Gasteiger partial charge is 0.275 e. The maximum atomic E-state index is 12.7. The molecule has 0 spiro atoms. The van der Waals surface area contributed by atoms with Crippen LogP contribution in [0.25, 0.3) is 0 Å². The Morgan fingerprint density at radius 2 is 1.83 bits per heavy atom. The van der Waals surface area contributed by atoms with Crippen molar-refractivity contribution in [2.75, 3.05) is 39.3 Å². The lowest BCUT2D eigenvalue weighted by atomic mass is 9.93. The average Bonchev–Trinajstić information content (AvgIpc) is 3.33. The summed E-state index contributed by atoms with van der Waals surface area (Å²) in [5, 5.41) is 5.60. The van der Waals surface area contributed by atoms with Crippen molar-refractivity contribution in [3.05, 3.63) is 47.0 Å². The molecule has 2 aliphatic heterocycles. The first-order valence-corrected chi connectivity index (χ1v) is 11.6. The number of likely N-dealkylation sites (tertiary alicyclic amines) is 1. The van der Waals surface area contributed by atoms with Crippen LogP contribution in [0.1, 0.15) is 41.7 Å². The summed E-state index contributed by atoms with van der Waals surface area (Å²) in [6.07, 6.45) is 3.49. The van der Waals surface area contributed by atoms with Gasteiger partial charge in [-0.05, 0) is 42.3 Å². The predicted molar refractivity (Wildman–Crippen MR) is 116 cm³/mol. The molecule has 2 aromatic rings. The van der Waals surface area contributed by atoms with E-state index in [1.165, 1.54) is 17.1 Å². The molecule has 160 valence electrons. The monoisotopic (exact) mass is 427 g/mol. The van der Waals surface area contributed by atoms with Gasteiger partial charge in [-0.3, -0.25) is 14.5 Å². The van der Waals surface area contributed by atoms with E-state index in [2.05, 4.69) is 38.8 Å². The molecule has 2 fully saturated rings. The van der Waals surface area contributed by atoms with Crippen molar-refractivity contribution in [1.29, 1.82) is 0 Å². The van der Waals surface area contributed by atoms with Crippen LogP contribution in [0.4, 0.5) is 0 Å². The normalized spacial score (nSPS) is 20.3. The number of hydrogen-bond acceptors (Lipinski definition) is 6. The molecule has 3 heterocycles. The Morgan fingerprint density at radius 3 is 2.57 bits per heavy atom. The molecule has 2 aliphatic rings. The summed E-state index contributed by atoms with van der Waals surface area (Å²) in [6, 6.07) is 10.5. The molecule has 0 saturated carbocycles. The summed E-state index contributed by atoms with van der Waals surface area (Å²) < 4.78 is 3.79. The number of nitrogens with zero attached hydrogens (tertiary/aromatic N) is 5. The molecule has 1 atom stereocenters. The summed E-state index contributed by atoms with van der Waals surface area (Å²) in [7, 11) is 0. The number of amides is 2. The van der Waals surface area contributed by atoms with Gasteiger partial charge in [-0.15, -0.1) is 5.10 Å². The van der Waals surface area contributed by atoms with Crippen molar-refractivity contribution < 1.29 is 9.59 Å². The molecule has 0 radical (unpaired) electrons. The van der Waals surface area contributed by atoms with Gasteiger partial charge >= 0.3 is 0 Å². The number of aromatic nitrogens is 2. The summed E-state index contributed by atoms with van der Waals surface area (Å²) in [4.78, 5) is 31.5. The van der Waals surface area contributed by atoms with E-state index < -0.39 is 0 Å². The molecule has 0 aliphatic carbocycles. The van der Waals surface area contributed by atoms with Crippen molar-refractivity contribution in [1.82, 2.24) is 24.3 Å². The van der Waals surface area contributed by atoms with E-state index in [1.54, 1.807) is 5.38 Å². The van der Waals surface area contributed by atoms with Crippen molar-refractivity contribution >= 4 is 23.3 Å². The first-order valence-electron chi connectivity index (χ1n) is 10.8. The molecule has 0 bridgehead atoms. The lowest BCUT2D eigenvalue weighted by Gasteiger charge is -2.36. The van der Waals surface area contributed by atoms with Gasteiger partial charge in [-0.2, -0.15) is 0 Å². The van der Waals surface area contributed by atoms with Crippen LogP contribution in [-0.4, -0.2) is 75.4 Å². The Balaban J connectivity index is 1.19. The van der Waals surface area contributed by atoms with Crippen LogP contribution in [0.5, 0.6) is 0 Å². The van der Waals surface area contributed by atoms with Gasteiger partial charge in [-0.25, -0.2) is 0 Å². The topological polar surface area (TPSA) is 69.6 Å². The highest BCUT2D eigenvalue weighted by Crippen LogP contribution is 2.23. The minimum Gasteiger partial charge on any atom is -0.340 e. The lowest BCUT2D eigenvalue weighted by Crippen LogP contribution is -2.48. The van der Waals surface area contributed by atoms with Gasteiger partial charge in [0, 0.05) is 57.6 Å². The third kappa shape index (κ3) is 5.43. The standard InChI is InChI=1S/C22H29N5O2S/c28-21(26-13-11-25(12-14-26)15-18-5-2-1-3-6-18)9-8-19-7-4-10-27(16-19)22(29)20-17-30-24-23-20/h1-3,5-6,17,19H,4,7-16H2. The van der Waals surface area contributed by atoms with Gasteiger partial charge in [-0.1, -0.05) is 34.8 Å². The van der Waals surface area contributed by atoms with Gasteiger partial charge in [0.2, 0.25) is 5.91 Å². The summed E-state index contributed by atoms with van der Waals surface area (Å²) >= 11 is 1.20. The van der Waals surface area contributed by atoms with Crippen LogP contribution in [0.3, 0.4) is 0 Å². The van der Waals surface area contributed by atoms with Crippen molar-refractivity contribution in [3.63, 3.8) is 0 Å². The molecule has 2 amide bonds. The molecule has 2 saturated heterocycles. The van der Waals surface area contributed by atoms with E-state index >= 15 is 0 Å². The molecular formula is C22H29N5O2S. The fourth-order valence-electron chi connectivity index (χ4n) is 4.39. The predicted octanol–water partition coefficient (Wildman–Crippen LogP) is 2.51. The number of piperazine rings is 1. The number of carbonyl (C=O) groups excluding carboxylic acids is 2. The highest BCUT2D eigenvalue weighted by molar-refractivity contribution is 7.03. The second-order valence-corrected chi connectivity index (χ2v) is 8.84. The largest absolute Gasteiger partial charge is 0.340 e. The van der Waals surface area contributed by atoms with E-state index in [9.17, 15) is 9.59 Å². The van der Waals surface area contributed by atoms with Crippen LogP contribution in [-0.2, 0) is 11.3 Å². The molecule has 4 rings (SSSR count). The van der Waals surface area contributed by atoms with Crippen LogP contribution < -0.4 is 0 Å². The van der Waals surface area contributed by atoms with Crippen molar-refractivity contribution in [2.45, 2.75) is 32.2 Å². The first-order chi connectivity index (χ1) is 14.7. The summed E-state index contributed by atoms with van der Waals surface area (Å²) in [5.74, 6) is 0.605. The highest BCUT2D eigenvalue weighted by atomic mass is 32.1. The van der Waals surface area contributed by atoms with Crippen molar-refractivity contribution in [2.24, 2.45) is 5.92 Å². The van der Waals surface area contributed by atoms with Crippen LogP contribution in [0.15, 0.2) is 35.7 Å². The van der Waals surface area contributed by atoms with E-state index in [-0.39, 0.29) is 11.8 Å². The Bertz CT molecular complexity index is 821. The fraction of sp³-hybridized carbons (Fsp3) is 0.545. The fourth-order valence-corrected chi connectivity index (χ4v) is 4.82. The van der Waals surface area contributed by atoms with E-state index in [4.69, 9.17) is 0 Å². The number of hydrogen-bond donors (Lipinski definition) is 0. The van der Waals surface area contributed by atoms with Gasteiger partial charge in [0.1, 0.15) is 0 Å². The average molecular weight is 428 g/mol. The van der Waals surface area contributed by atoms with E-state index in [1.807, 2.05) is 15.9 Å². The molecule has 1 aromatic heterocycles. The van der Waals surface area contributed by atoms with Gasteiger partial charge in [0.25, 0.3) is 5.91 Å². The first kappa shape index (κ1) is 20.9. The lowest BCUT2D eigenvalue weighted by molar-refractivity contribution is -0.133. The van der Waals surface area contributed by atoms with E-state index in [0.29, 0.717) is 24.6 Å². The maximum absolute atomic E-state index is 12.7. The van der Waals surface area contributed by atoms with Gasteiger partial charge in [0.05, 0.1) is 0 Å². The zero-order valence-corrected chi connectivity index (χ0v) is 18.1. The molecule has 8 heteroatoms. The number of piperidine rings is 1.